The summed E-state index contributed by atoms with van der Waals surface area (Å²) >= 11 is 7.87. The molecule has 4 aromatic rings. The Balaban J connectivity index is 1.17. The Bertz CT molecular complexity index is 1280. The third-order valence-corrected chi connectivity index (χ3v) is 7.01. The summed E-state index contributed by atoms with van der Waals surface area (Å²) in [6, 6.07) is 15.3. The van der Waals surface area contributed by atoms with Crippen LogP contribution in [0.2, 0.25) is 5.02 Å². The molecule has 34 heavy (non-hydrogen) atoms. The molecule has 0 unspecified atom stereocenters. The molecular formula is C24H23ClN6O2S. The van der Waals surface area contributed by atoms with E-state index in [1.807, 2.05) is 47.4 Å². The summed E-state index contributed by atoms with van der Waals surface area (Å²) in [5.41, 5.74) is 3.13. The number of ether oxygens (including phenoxy) is 1. The molecule has 0 aliphatic carbocycles. The summed E-state index contributed by atoms with van der Waals surface area (Å²) in [7, 11) is 1.66. The van der Waals surface area contributed by atoms with Crippen LogP contribution in [0.25, 0.3) is 16.3 Å². The van der Waals surface area contributed by atoms with Crippen molar-refractivity contribution in [3.8, 4) is 22.0 Å². The molecule has 1 amide bonds. The van der Waals surface area contributed by atoms with Crippen LogP contribution in [0, 0.1) is 0 Å². The Morgan fingerprint density at radius 3 is 2.59 bits per heavy atom. The van der Waals surface area contributed by atoms with E-state index >= 15 is 0 Å². The van der Waals surface area contributed by atoms with Crippen molar-refractivity contribution in [1.29, 1.82) is 0 Å². The predicted octanol–water partition coefficient (Wildman–Crippen LogP) is 4.01. The third-order valence-electron chi connectivity index (χ3n) is 5.75. The van der Waals surface area contributed by atoms with Crippen LogP contribution < -0.4 is 4.74 Å². The number of aromatic nitrogens is 4. The molecule has 2 aromatic heterocycles. The van der Waals surface area contributed by atoms with Crippen LogP contribution in [0.5, 0.6) is 5.75 Å². The SMILES string of the molecule is COc1ccc(-c2nc(CN3CCN(C(=O)c4cn(-c5ccccc5Cl)nn4)CC3)cs2)cc1. The largest absolute Gasteiger partial charge is 0.497 e. The number of hydrogen-bond donors (Lipinski definition) is 0. The Hall–Kier alpha value is -3.27. The first kappa shape index (κ1) is 22.5. The molecule has 0 bridgehead atoms. The van der Waals surface area contributed by atoms with Crippen LogP contribution in [-0.4, -0.2) is 69.0 Å². The van der Waals surface area contributed by atoms with Gasteiger partial charge in [-0.05, 0) is 36.4 Å². The van der Waals surface area contributed by atoms with Crippen molar-refractivity contribution in [2.75, 3.05) is 33.3 Å². The van der Waals surface area contributed by atoms with Gasteiger partial charge >= 0.3 is 0 Å². The fraction of sp³-hybridized carbons (Fsp3) is 0.250. The van der Waals surface area contributed by atoms with Gasteiger partial charge in [0.1, 0.15) is 10.8 Å². The van der Waals surface area contributed by atoms with Gasteiger partial charge in [-0.1, -0.05) is 28.9 Å². The van der Waals surface area contributed by atoms with Crippen molar-refractivity contribution in [3.05, 3.63) is 76.5 Å². The number of rotatable bonds is 6. The van der Waals surface area contributed by atoms with Crippen molar-refractivity contribution in [1.82, 2.24) is 29.8 Å². The van der Waals surface area contributed by atoms with Gasteiger partial charge in [-0.15, -0.1) is 16.4 Å². The van der Waals surface area contributed by atoms with E-state index in [4.69, 9.17) is 21.3 Å². The van der Waals surface area contributed by atoms with Crippen LogP contribution in [0.3, 0.4) is 0 Å². The number of halogens is 1. The van der Waals surface area contributed by atoms with Crippen molar-refractivity contribution < 1.29 is 9.53 Å². The Morgan fingerprint density at radius 2 is 1.85 bits per heavy atom. The zero-order valence-electron chi connectivity index (χ0n) is 18.6. The first-order valence-electron chi connectivity index (χ1n) is 10.9. The number of benzene rings is 2. The number of carbonyl (C=O) groups is 1. The van der Waals surface area contributed by atoms with Gasteiger partial charge in [0.2, 0.25) is 0 Å². The van der Waals surface area contributed by atoms with E-state index in [-0.39, 0.29) is 5.91 Å². The lowest BCUT2D eigenvalue weighted by Crippen LogP contribution is -2.48. The summed E-state index contributed by atoms with van der Waals surface area (Å²) in [5.74, 6) is 0.716. The molecule has 3 heterocycles. The highest BCUT2D eigenvalue weighted by molar-refractivity contribution is 7.13. The number of hydrogen-bond acceptors (Lipinski definition) is 7. The molecule has 1 fully saturated rings. The van der Waals surface area contributed by atoms with Gasteiger partial charge in [-0.2, -0.15) is 0 Å². The second-order valence-corrected chi connectivity index (χ2v) is 9.21. The topological polar surface area (TPSA) is 76.4 Å². The molecule has 1 saturated heterocycles. The molecule has 0 spiro atoms. The van der Waals surface area contributed by atoms with Gasteiger partial charge in [0.15, 0.2) is 5.69 Å². The number of thiazole rings is 1. The number of carbonyl (C=O) groups excluding carboxylic acids is 1. The molecular weight excluding hydrogens is 472 g/mol. The molecule has 1 aliphatic rings. The Morgan fingerprint density at radius 1 is 1.09 bits per heavy atom. The van der Waals surface area contributed by atoms with Crippen LogP contribution in [-0.2, 0) is 6.54 Å². The maximum absolute atomic E-state index is 12.9. The molecule has 0 N–H and O–H groups in total. The van der Waals surface area contributed by atoms with E-state index in [1.54, 1.807) is 30.7 Å². The van der Waals surface area contributed by atoms with E-state index in [0.29, 0.717) is 29.5 Å². The molecule has 2 aromatic carbocycles. The third kappa shape index (κ3) is 4.82. The average molecular weight is 495 g/mol. The highest BCUT2D eigenvalue weighted by Crippen LogP contribution is 2.26. The fourth-order valence-corrected chi connectivity index (χ4v) is 4.90. The number of piperazine rings is 1. The van der Waals surface area contributed by atoms with E-state index < -0.39 is 0 Å². The summed E-state index contributed by atoms with van der Waals surface area (Å²) in [4.78, 5) is 21.9. The lowest BCUT2D eigenvalue weighted by atomic mass is 10.2. The monoisotopic (exact) mass is 494 g/mol. The summed E-state index contributed by atoms with van der Waals surface area (Å²) in [6.07, 6.45) is 1.63. The van der Waals surface area contributed by atoms with Crippen molar-refractivity contribution >= 4 is 28.8 Å². The van der Waals surface area contributed by atoms with Crippen LogP contribution >= 0.6 is 22.9 Å². The van der Waals surface area contributed by atoms with Gasteiger partial charge in [0.25, 0.3) is 5.91 Å². The Labute approximate surface area is 206 Å². The van der Waals surface area contributed by atoms with Crippen molar-refractivity contribution in [3.63, 3.8) is 0 Å². The summed E-state index contributed by atoms with van der Waals surface area (Å²) in [6.45, 7) is 3.58. The van der Waals surface area contributed by atoms with E-state index in [9.17, 15) is 4.79 Å². The predicted molar refractivity (Wildman–Crippen MR) is 132 cm³/mol. The second kappa shape index (κ2) is 9.92. The Kier molecular flexibility index (Phi) is 6.57. The van der Waals surface area contributed by atoms with Crippen molar-refractivity contribution in [2.24, 2.45) is 0 Å². The molecule has 0 saturated carbocycles. The van der Waals surface area contributed by atoms with Crippen molar-refractivity contribution in [2.45, 2.75) is 6.54 Å². The molecule has 1 aliphatic heterocycles. The zero-order valence-corrected chi connectivity index (χ0v) is 20.2. The highest BCUT2D eigenvalue weighted by atomic mass is 35.5. The quantitative estimate of drug-likeness (QED) is 0.403. The first-order valence-corrected chi connectivity index (χ1v) is 12.1. The number of methoxy groups -OCH3 is 1. The first-order chi connectivity index (χ1) is 16.6. The molecule has 0 radical (unpaired) electrons. The number of nitrogens with zero attached hydrogens (tertiary/aromatic N) is 6. The molecule has 174 valence electrons. The molecule has 5 rings (SSSR count). The van der Waals surface area contributed by atoms with Crippen LogP contribution in [0.4, 0.5) is 0 Å². The highest BCUT2D eigenvalue weighted by Gasteiger charge is 2.25. The second-order valence-electron chi connectivity index (χ2n) is 7.94. The smallest absolute Gasteiger partial charge is 0.276 e. The standard InChI is InChI=1S/C24H23ClN6O2S/c1-33-19-8-6-17(7-9-19)23-26-18(16-34-23)14-29-10-12-30(13-11-29)24(32)21-15-31(28-27-21)22-5-3-2-4-20(22)25/h2-9,15-16H,10-14H2,1H3. The minimum Gasteiger partial charge on any atom is -0.497 e. The van der Waals surface area contributed by atoms with E-state index in [2.05, 4.69) is 20.6 Å². The summed E-state index contributed by atoms with van der Waals surface area (Å²) in [5, 5.41) is 11.8. The molecule has 10 heteroatoms. The fourth-order valence-electron chi connectivity index (χ4n) is 3.86. The minimum atomic E-state index is -0.117. The van der Waals surface area contributed by atoms with Gasteiger partial charge in [0.05, 0.1) is 29.7 Å². The van der Waals surface area contributed by atoms with Gasteiger partial charge in [0, 0.05) is 43.7 Å². The number of amides is 1. The minimum absolute atomic E-state index is 0.117. The maximum Gasteiger partial charge on any atom is 0.276 e. The van der Waals surface area contributed by atoms with E-state index in [1.165, 1.54) is 4.68 Å². The number of para-hydroxylation sites is 1. The summed E-state index contributed by atoms with van der Waals surface area (Å²) < 4.78 is 6.76. The van der Waals surface area contributed by atoms with Crippen LogP contribution in [0.1, 0.15) is 16.2 Å². The zero-order chi connectivity index (χ0) is 23.5. The lowest BCUT2D eigenvalue weighted by molar-refractivity contribution is 0.0621. The average Bonchev–Trinajstić information content (AvgIpc) is 3.55. The molecule has 8 nitrogen and oxygen atoms in total. The van der Waals surface area contributed by atoms with Crippen LogP contribution in [0.15, 0.2) is 60.1 Å². The van der Waals surface area contributed by atoms with E-state index in [0.717, 1.165) is 41.6 Å². The van der Waals surface area contributed by atoms with Gasteiger partial charge in [-0.25, -0.2) is 9.67 Å². The van der Waals surface area contributed by atoms with Gasteiger partial charge < -0.3 is 9.64 Å². The lowest BCUT2D eigenvalue weighted by Gasteiger charge is -2.33. The molecule has 0 atom stereocenters. The van der Waals surface area contributed by atoms with Gasteiger partial charge in [-0.3, -0.25) is 9.69 Å². The maximum atomic E-state index is 12.9. The normalized spacial score (nSPS) is 14.4.